The number of pyridine rings is 1. The van der Waals surface area contributed by atoms with E-state index >= 15 is 0 Å². The molecule has 5 heteroatoms. The number of nitrogens with zero attached hydrogens (tertiary/aromatic N) is 1. The lowest BCUT2D eigenvalue weighted by molar-refractivity contribution is 0.0699. The molecule has 98 valence electrons. The lowest BCUT2D eigenvalue weighted by Gasteiger charge is -2.11. The van der Waals surface area contributed by atoms with E-state index in [0.717, 1.165) is 18.5 Å². The smallest absolute Gasteiger partial charge is 0.336 e. The maximum atomic E-state index is 11.4. The summed E-state index contributed by atoms with van der Waals surface area (Å²) >= 11 is 6.12. The molecule has 3 rings (SSSR count). The molecule has 1 heterocycles. The monoisotopic (exact) mass is 277 g/mol. The molecule has 1 aromatic heterocycles. The summed E-state index contributed by atoms with van der Waals surface area (Å²) in [6, 6.07) is 4.97. The van der Waals surface area contributed by atoms with Gasteiger partial charge in [0.15, 0.2) is 0 Å². The summed E-state index contributed by atoms with van der Waals surface area (Å²) < 4.78 is 5.26. The molecule has 19 heavy (non-hydrogen) atoms. The Balaban J connectivity index is 2.39. The number of hydrogen-bond acceptors (Lipinski definition) is 3. The third-order valence-corrected chi connectivity index (χ3v) is 3.65. The highest BCUT2D eigenvalue weighted by atomic mass is 35.5. The van der Waals surface area contributed by atoms with Crippen LogP contribution in [0.3, 0.4) is 0 Å². The topological polar surface area (TPSA) is 59.4 Å². The lowest BCUT2D eigenvalue weighted by Crippen LogP contribution is -2.03. The Morgan fingerprint density at radius 3 is 2.79 bits per heavy atom. The molecule has 0 saturated heterocycles. The summed E-state index contributed by atoms with van der Waals surface area (Å²) in [5, 5.41) is 10.2. The van der Waals surface area contributed by atoms with Gasteiger partial charge in [0.05, 0.1) is 17.7 Å². The van der Waals surface area contributed by atoms with Crippen LogP contribution in [0.4, 0.5) is 0 Å². The number of carbonyl (C=O) groups is 1. The number of aromatic carboxylic acids is 1. The zero-order valence-electron chi connectivity index (χ0n) is 10.3. The van der Waals surface area contributed by atoms with Crippen molar-refractivity contribution >= 4 is 28.5 Å². The number of benzene rings is 1. The van der Waals surface area contributed by atoms with Gasteiger partial charge >= 0.3 is 5.97 Å². The van der Waals surface area contributed by atoms with E-state index in [1.165, 1.54) is 7.11 Å². The molecule has 2 aromatic rings. The van der Waals surface area contributed by atoms with E-state index in [9.17, 15) is 9.90 Å². The van der Waals surface area contributed by atoms with Gasteiger partial charge in [-0.05, 0) is 31.0 Å². The average molecular weight is 278 g/mol. The predicted molar refractivity (Wildman–Crippen MR) is 72.2 cm³/mol. The summed E-state index contributed by atoms with van der Waals surface area (Å²) in [7, 11) is 1.54. The SMILES string of the molecule is COc1ccc(Cl)c2c(C(=O)O)cc(C3CC3)nc12. The van der Waals surface area contributed by atoms with Crippen molar-refractivity contribution in [1.29, 1.82) is 0 Å². The lowest BCUT2D eigenvalue weighted by atomic mass is 10.1. The van der Waals surface area contributed by atoms with E-state index in [2.05, 4.69) is 4.98 Å². The molecule has 0 unspecified atom stereocenters. The number of hydrogen-bond donors (Lipinski definition) is 1. The number of ether oxygens (including phenoxy) is 1. The van der Waals surface area contributed by atoms with Crippen molar-refractivity contribution in [3.05, 3.63) is 34.5 Å². The number of methoxy groups -OCH3 is 1. The largest absolute Gasteiger partial charge is 0.494 e. The first-order valence-corrected chi connectivity index (χ1v) is 6.40. The van der Waals surface area contributed by atoms with E-state index in [-0.39, 0.29) is 5.56 Å². The molecule has 0 aliphatic heterocycles. The van der Waals surface area contributed by atoms with Gasteiger partial charge in [-0.15, -0.1) is 0 Å². The molecule has 4 nitrogen and oxygen atoms in total. The first-order chi connectivity index (χ1) is 9.11. The molecule has 0 spiro atoms. The van der Waals surface area contributed by atoms with Gasteiger partial charge in [0.1, 0.15) is 11.3 Å². The first kappa shape index (κ1) is 12.2. The van der Waals surface area contributed by atoms with Gasteiger partial charge in [-0.2, -0.15) is 0 Å². The molecule has 0 atom stereocenters. The Hall–Kier alpha value is -1.81. The third-order valence-electron chi connectivity index (χ3n) is 3.34. The number of halogens is 1. The molecule has 1 aromatic carbocycles. The standard InChI is InChI=1S/C14H12ClNO3/c1-19-11-5-4-9(15)12-8(14(17)18)6-10(7-2-3-7)16-13(11)12/h4-7H,2-3H2,1H3,(H,17,18). The highest BCUT2D eigenvalue weighted by Crippen LogP contribution is 2.42. The molecule has 1 aliphatic carbocycles. The summed E-state index contributed by atoms with van der Waals surface area (Å²) in [5.41, 5.74) is 1.53. The predicted octanol–water partition coefficient (Wildman–Crippen LogP) is 3.47. The Bertz CT molecular complexity index is 680. The maximum Gasteiger partial charge on any atom is 0.336 e. The van der Waals surface area contributed by atoms with E-state index in [1.54, 1.807) is 18.2 Å². The summed E-state index contributed by atoms with van der Waals surface area (Å²) in [6.07, 6.45) is 2.11. The van der Waals surface area contributed by atoms with Gasteiger partial charge in [-0.25, -0.2) is 9.78 Å². The summed E-state index contributed by atoms with van der Waals surface area (Å²) in [6.45, 7) is 0. The number of fused-ring (bicyclic) bond motifs is 1. The van der Waals surface area contributed by atoms with Crippen molar-refractivity contribution in [2.45, 2.75) is 18.8 Å². The first-order valence-electron chi connectivity index (χ1n) is 6.02. The molecule has 1 N–H and O–H groups in total. The van der Waals surface area contributed by atoms with Crippen LogP contribution in [0.15, 0.2) is 18.2 Å². The Morgan fingerprint density at radius 2 is 2.21 bits per heavy atom. The van der Waals surface area contributed by atoms with E-state index in [1.807, 2.05) is 0 Å². The maximum absolute atomic E-state index is 11.4. The van der Waals surface area contributed by atoms with Crippen LogP contribution < -0.4 is 4.74 Å². The Morgan fingerprint density at radius 1 is 1.47 bits per heavy atom. The van der Waals surface area contributed by atoms with Crippen molar-refractivity contribution in [2.24, 2.45) is 0 Å². The normalized spacial score (nSPS) is 14.6. The van der Waals surface area contributed by atoms with Crippen LogP contribution in [0, 0.1) is 0 Å². The fourth-order valence-electron chi connectivity index (χ4n) is 2.22. The fraction of sp³-hybridized carbons (Fsp3) is 0.286. The molecular formula is C14H12ClNO3. The highest BCUT2D eigenvalue weighted by molar-refractivity contribution is 6.36. The molecule has 1 aliphatic rings. The van der Waals surface area contributed by atoms with Crippen molar-refractivity contribution in [3.8, 4) is 5.75 Å². The summed E-state index contributed by atoms with van der Waals surface area (Å²) in [5.74, 6) is -0.0833. The van der Waals surface area contributed by atoms with E-state index in [0.29, 0.717) is 27.6 Å². The average Bonchev–Trinajstić information content (AvgIpc) is 3.22. The highest BCUT2D eigenvalue weighted by Gasteiger charge is 2.28. The number of rotatable bonds is 3. The molecule has 0 bridgehead atoms. The van der Waals surface area contributed by atoms with Gasteiger partial charge in [-0.1, -0.05) is 11.6 Å². The number of carboxylic acids is 1. The second kappa shape index (κ2) is 4.38. The van der Waals surface area contributed by atoms with E-state index in [4.69, 9.17) is 16.3 Å². The van der Waals surface area contributed by atoms with Crippen LogP contribution in [0.25, 0.3) is 10.9 Å². The van der Waals surface area contributed by atoms with Crippen molar-refractivity contribution in [2.75, 3.05) is 7.11 Å². The van der Waals surface area contributed by atoms with Crippen LogP contribution in [0.2, 0.25) is 5.02 Å². The van der Waals surface area contributed by atoms with Crippen LogP contribution in [0.1, 0.15) is 34.8 Å². The fourth-order valence-corrected chi connectivity index (χ4v) is 2.47. The second-order valence-electron chi connectivity index (χ2n) is 4.65. The van der Waals surface area contributed by atoms with Gasteiger partial charge in [-0.3, -0.25) is 0 Å². The van der Waals surface area contributed by atoms with Crippen LogP contribution in [-0.4, -0.2) is 23.2 Å². The molecule has 1 saturated carbocycles. The number of aromatic nitrogens is 1. The number of carboxylic acid groups (broad SMARTS) is 1. The van der Waals surface area contributed by atoms with Crippen molar-refractivity contribution < 1.29 is 14.6 Å². The van der Waals surface area contributed by atoms with Gasteiger partial charge in [0.2, 0.25) is 0 Å². The van der Waals surface area contributed by atoms with Gasteiger partial charge in [0.25, 0.3) is 0 Å². The van der Waals surface area contributed by atoms with Crippen LogP contribution >= 0.6 is 11.6 Å². The molecular weight excluding hydrogens is 266 g/mol. The zero-order chi connectivity index (χ0) is 13.6. The minimum Gasteiger partial charge on any atom is -0.494 e. The summed E-state index contributed by atoms with van der Waals surface area (Å²) in [4.78, 5) is 16.0. The second-order valence-corrected chi connectivity index (χ2v) is 5.05. The van der Waals surface area contributed by atoms with Gasteiger partial charge in [0, 0.05) is 17.0 Å². The third kappa shape index (κ3) is 2.02. The minimum atomic E-state index is -0.996. The minimum absolute atomic E-state index is 0.191. The molecule has 0 amide bonds. The Labute approximate surface area is 115 Å². The Kier molecular flexibility index (Phi) is 2.82. The molecule has 0 radical (unpaired) electrons. The zero-order valence-corrected chi connectivity index (χ0v) is 11.1. The van der Waals surface area contributed by atoms with Crippen molar-refractivity contribution in [1.82, 2.24) is 4.98 Å². The van der Waals surface area contributed by atoms with Crippen molar-refractivity contribution in [3.63, 3.8) is 0 Å². The molecule has 1 fully saturated rings. The quantitative estimate of drug-likeness (QED) is 0.933. The van der Waals surface area contributed by atoms with E-state index < -0.39 is 5.97 Å². The van der Waals surface area contributed by atoms with Crippen LogP contribution in [0.5, 0.6) is 5.75 Å². The van der Waals surface area contributed by atoms with Crippen LogP contribution in [-0.2, 0) is 0 Å². The van der Waals surface area contributed by atoms with Gasteiger partial charge < -0.3 is 9.84 Å².